The molecule has 0 bridgehead atoms. The van der Waals surface area contributed by atoms with E-state index in [4.69, 9.17) is 4.74 Å². The van der Waals surface area contributed by atoms with Crippen molar-refractivity contribution in [3.63, 3.8) is 0 Å². The molecule has 1 aliphatic rings. The summed E-state index contributed by atoms with van der Waals surface area (Å²) in [5.74, 6) is -0.675. The number of ether oxygens (including phenoxy) is 1. The van der Waals surface area contributed by atoms with Crippen LogP contribution in [0.2, 0.25) is 0 Å². The fraction of sp³-hybridized carbons (Fsp3) is 0.348. The first-order valence-electron chi connectivity index (χ1n) is 9.97. The van der Waals surface area contributed by atoms with Crippen molar-refractivity contribution in [3.05, 3.63) is 65.2 Å². The van der Waals surface area contributed by atoms with E-state index in [0.717, 1.165) is 12.8 Å². The Morgan fingerprint density at radius 3 is 2.38 bits per heavy atom. The molecule has 0 saturated carbocycles. The number of amides is 1. The molecule has 0 aliphatic carbocycles. The van der Waals surface area contributed by atoms with E-state index in [1.807, 2.05) is 6.07 Å². The van der Waals surface area contributed by atoms with Gasteiger partial charge in [0.15, 0.2) is 5.78 Å². The number of nitrogens with one attached hydrogen (secondary N) is 1. The zero-order chi connectivity index (χ0) is 20.8. The van der Waals surface area contributed by atoms with Crippen LogP contribution in [0, 0.1) is 0 Å². The maximum Gasteiger partial charge on any atom is 0.328 e. The van der Waals surface area contributed by atoms with E-state index in [0.29, 0.717) is 35.5 Å². The normalized spacial score (nSPS) is 14.3. The first-order valence-corrected chi connectivity index (χ1v) is 9.97. The smallest absolute Gasteiger partial charge is 0.328 e. The summed E-state index contributed by atoms with van der Waals surface area (Å²) in [7, 11) is 0. The number of carbonyl (C=O) groups excluding carboxylic acids is 3. The Hall–Kier alpha value is -3.15. The lowest BCUT2D eigenvalue weighted by atomic mass is 9.99. The summed E-state index contributed by atoms with van der Waals surface area (Å²) in [5, 5.41) is 3.07. The molecule has 29 heavy (non-hydrogen) atoms. The van der Waals surface area contributed by atoms with Gasteiger partial charge < -0.3 is 15.0 Å². The molecule has 1 aliphatic heterocycles. The fourth-order valence-electron chi connectivity index (χ4n) is 3.39. The van der Waals surface area contributed by atoms with Crippen LogP contribution in [-0.4, -0.2) is 48.3 Å². The SMILES string of the molecule is CCOC(=O)[C@H](C)Nc1ccc(C(=O)c2ccccc2)cc1C(=O)N1CCCC1. The quantitative estimate of drug-likeness (QED) is 0.574. The minimum atomic E-state index is -0.615. The first-order chi connectivity index (χ1) is 14.0. The third kappa shape index (κ3) is 4.83. The molecule has 1 heterocycles. The van der Waals surface area contributed by atoms with Crippen LogP contribution in [-0.2, 0) is 9.53 Å². The molecule has 0 aromatic heterocycles. The molecule has 1 amide bonds. The summed E-state index contributed by atoms with van der Waals surface area (Å²) in [6.07, 6.45) is 1.94. The van der Waals surface area contributed by atoms with E-state index < -0.39 is 12.0 Å². The van der Waals surface area contributed by atoms with Crippen LogP contribution in [0.3, 0.4) is 0 Å². The van der Waals surface area contributed by atoms with Crippen molar-refractivity contribution in [1.29, 1.82) is 0 Å². The largest absolute Gasteiger partial charge is 0.464 e. The molecule has 0 spiro atoms. The first kappa shape index (κ1) is 20.6. The number of nitrogens with zero attached hydrogens (tertiary/aromatic N) is 1. The molecule has 1 atom stereocenters. The van der Waals surface area contributed by atoms with Crippen molar-refractivity contribution >= 4 is 23.3 Å². The second-order valence-corrected chi connectivity index (χ2v) is 7.07. The van der Waals surface area contributed by atoms with Crippen LogP contribution >= 0.6 is 0 Å². The summed E-state index contributed by atoms with van der Waals surface area (Å²) in [6, 6.07) is 13.3. The van der Waals surface area contributed by atoms with Gasteiger partial charge in [-0.15, -0.1) is 0 Å². The average molecular weight is 394 g/mol. The summed E-state index contributed by atoms with van der Waals surface area (Å²) in [5.41, 5.74) is 1.91. The third-order valence-electron chi connectivity index (χ3n) is 4.95. The van der Waals surface area contributed by atoms with Gasteiger partial charge in [0.2, 0.25) is 0 Å². The van der Waals surface area contributed by atoms with Gasteiger partial charge in [-0.2, -0.15) is 0 Å². The van der Waals surface area contributed by atoms with Crippen molar-refractivity contribution in [3.8, 4) is 0 Å². The number of rotatable bonds is 7. The summed E-state index contributed by atoms with van der Waals surface area (Å²) in [6.45, 7) is 5.11. The van der Waals surface area contributed by atoms with Crippen LogP contribution in [0.1, 0.15) is 53.0 Å². The van der Waals surface area contributed by atoms with Crippen molar-refractivity contribution in [2.24, 2.45) is 0 Å². The predicted molar refractivity (Wildman–Crippen MR) is 111 cm³/mol. The van der Waals surface area contributed by atoms with Gasteiger partial charge in [-0.3, -0.25) is 9.59 Å². The van der Waals surface area contributed by atoms with Gasteiger partial charge in [0.05, 0.1) is 12.2 Å². The van der Waals surface area contributed by atoms with Crippen LogP contribution in [0.5, 0.6) is 0 Å². The molecule has 0 radical (unpaired) electrons. The van der Waals surface area contributed by atoms with Gasteiger partial charge in [0, 0.05) is 29.9 Å². The highest BCUT2D eigenvalue weighted by atomic mass is 16.5. The highest BCUT2D eigenvalue weighted by molar-refractivity contribution is 6.11. The van der Waals surface area contributed by atoms with E-state index >= 15 is 0 Å². The van der Waals surface area contributed by atoms with E-state index in [1.165, 1.54) is 0 Å². The Balaban J connectivity index is 1.93. The van der Waals surface area contributed by atoms with Crippen molar-refractivity contribution in [1.82, 2.24) is 4.90 Å². The zero-order valence-electron chi connectivity index (χ0n) is 16.8. The molecule has 3 rings (SSSR count). The monoisotopic (exact) mass is 394 g/mol. The number of carbonyl (C=O) groups is 3. The van der Waals surface area contributed by atoms with E-state index in [-0.39, 0.29) is 18.3 Å². The summed E-state index contributed by atoms with van der Waals surface area (Å²) < 4.78 is 5.04. The predicted octanol–water partition coefficient (Wildman–Crippen LogP) is 3.52. The molecule has 152 valence electrons. The van der Waals surface area contributed by atoms with Crippen molar-refractivity contribution in [2.45, 2.75) is 32.7 Å². The minimum absolute atomic E-state index is 0.135. The van der Waals surface area contributed by atoms with Crippen molar-refractivity contribution < 1.29 is 19.1 Å². The number of hydrogen-bond acceptors (Lipinski definition) is 5. The van der Waals surface area contributed by atoms with Gasteiger partial charge in [-0.05, 0) is 44.9 Å². The van der Waals surface area contributed by atoms with Crippen LogP contribution in [0.25, 0.3) is 0 Å². The minimum Gasteiger partial charge on any atom is -0.464 e. The molecular formula is C23H26N2O4. The standard InChI is InChI=1S/C23H26N2O4/c1-3-29-23(28)16(2)24-20-12-11-18(21(26)17-9-5-4-6-10-17)15-19(20)22(27)25-13-7-8-14-25/h4-6,9-12,15-16,24H,3,7-8,13-14H2,1-2H3/t16-/m0/s1. The molecular weight excluding hydrogens is 368 g/mol. The van der Waals surface area contributed by atoms with Crippen LogP contribution in [0.4, 0.5) is 5.69 Å². The Morgan fingerprint density at radius 2 is 1.72 bits per heavy atom. The van der Waals surface area contributed by atoms with Gasteiger partial charge in [-0.1, -0.05) is 30.3 Å². The lowest BCUT2D eigenvalue weighted by Gasteiger charge is -2.21. The Labute approximate surface area is 170 Å². The van der Waals surface area contributed by atoms with E-state index in [9.17, 15) is 14.4 Å². The van der Waals surface area contributed by atoms with Crippen LogP contribution < -0.4 is 5.32 Å². The van der Waals surface area contributed by atoms with Gasteiger partial charge in [0.1, 0.15) is 6.04 Å². The number of esters is 1. The van der Waals surface area contributed by atoms with Gasteiger partial charge in [0.25, 0.3) is 5.91 Å². The van der Waals surface area contributed by atoms with Crippen LogP contribution in [0.15, 0.2) is 48.5 Å². The third-order valence-corrected chi connectivity index (χ3v) is 4.95. The maximum absolute atomic E-state index is 13.1. The molecule has 6 nitrogen and oxygen atoms in total. The maximum atomic E-state index is 13.1. The average Bonchev–Trinajstić information content (AvgIpc) is 3.28. The topological polar surface area (TPSA) is 75.7 Å². The van der Waals surface area contributed by atoms with E-state index in [2.05, 4.69) is 5.32 Å². The molecule has 1 N–H and O–H groups in total. The molecule has 6 heteroatoms. The summed E-state index contributed by atoms with van der Waals surface area (Å²) in [4.78, 5) is 39.8. The lowest BCUT2D eigenvalue weighted by molar-refractivity contribution is -0.143. The summed E-state index contributed by atoms with van der Waals surface area (Å²) >= 11 is 0. The molecule has 2 aromatic rings. The highest BCUT2D eigenvalue weighted by Gasteiger charge is 2.25. The number of hydrogen-bond donors (Lipinski definition) is 1. The Morgan fingerprint density at radius 1 is 1.03 bits per heavy atom. The molecule has 1 saturated heterocycles. The van der Waals surface area contributed by atoms with E-state index in [1.54, 1.807) is 61.2 Å². The molecule has 1 fully saturated rings. The second-order valence-electron chi connectivity index (χ2n) is 7.07. The number of ketones is 1. The Kier molecular flexibility index (Phi) is 6.65. The lowest BCUT2D eigenvalue weighted by Crippen LogP contribution is -2.32. The Bertz CT molecular complexity index is 889. The molecule has 0 unspecified atom stereocenters. The number of anilines is 1. The molecule has 2 aromatic carbocycles. The zero-order valence-corrected chi connectivity index (χ0v) is 16.8. The second kappa shape index (κ2) is 9.37. The number of likely N-dealkylation sites (tertiary alicyclic amines) is 1. The van der Waals surface area contributed by atoms with Gasteiger partial charge in [-0.25, -0.2) is 4.79 Å². The number of benzene rings is 2. The van der Waals surface area contributed by atoms with Gasteiger partial charge >= 0.3 is 5.97 Å². The highest BCUT2D eigenvalue weighted by Crippen LogP contribution is 2.24. The van der Waals surface area contributed by atoms with Crippen molar-refractivity contribution in [2.75, 3.05) is 25.0 Å². The fourth-order valence-corrected chi connectivity index (χ4v) is 3.39.